The summed E-state index contributed by atoms with van der Waals surface area (Å²) < 4.78 is 58.5. The summed E-state index contributed by atoms with van der Waals surface area (Å²) in [4.78, 5) is 26.6. The van der Waals surface area contributed by atoms with Crippen LogP contribution in [0.25, 0.3) is 6.08 Å². The molecule has 2 amide bonds. The van der Waals surface area contributed by atoms with Crippen molar-refractivity contribution < 1.29 is 41.7 Å². The van der Waals surface area contributed by atoms with Crippen molar-refractivity contribution in [3.63, 3.8) is 0 Å². The molecule has 0 aromatic heterocycles. The van der Waals surface area contributed by atoms with Gasteiger partial charge in [0.2, 0.25) is 5.91 Å². The number of ether oxygens (including phenoxy) is 3. The molecule has 1 unspecified atom stereocenters. The quantitative estimate of drug-likeness (QED) is 0.0786. The highest BCUT2D eigenvalue weighted by Crippen LogP contribution is 2.39. The fraction of sp³-hybridized carbons (Fsp3) is 0.0784. The second-order valence-corrected chi connectivity index (χ2v) is 14.7. The van der Waals surface area contributed by atoms with Gasteiger partial charge in [-0.25, -0.2) is 12.8 Å². The smallest absolute Gasteiger partial charge is 0.255 e. The molecule has 0 fully saturated rings. The van der Waals surface area contributed by atoms with Crippen molar-refractivity contribution in [1.29, 1.82) is 0 Å². The second kappa shape index (κ2) is 22.4. The van der Waals surface area contributed by atoms with Gasteiger partial charge < -0.3 is 30.0 Å². The molecule has 12 heteroatoms. The topological polar surface area (TPSA) is 140 Å². The number of phenols is 1. The number of halogens is 1. The summed E-state index contributed by atoms with van der Waals surface area (Å²) in [7, 11) is -2.77. The van der Waals surface area contributed by atoms with Crippen LogP contribution >= 0.6 is 0 Å². The zero-order valence-electron chi connectivity index (χ0n) is 33.6. The van der Waals surface area contributed by atoms with Gasteiger partial charge >= 0.3 is 0 Å². The summed E-state index contributed by atoms with van der Waals surface area (Å²) in [6, 6.07) is 26.2. The molecule has 0 heterocycles. The first-order chi connectivity index (χ1) is 30.5. The molecule has 0 radical (unpaired) electrons. The molecule has 5 aromatic carbocycles. The molecule has 0 saturated heterocycles. The highest BCUT2D eigenvalue weighted by molar-refractivity contribution is 7.92. The molecule has 5 rings (SSSR count). The lowest BCUT2D eigenvalue weighted by atomic mass is 10.2. The highest BCUT2D eigenvalue weighted by Gasteiger charge is 2.33. The molecule has 63 heavy (non-hydrogen) atoms. The van der Waals surface area contributed by atoms with Crippen molar-refractivity contribution in [2.75, 3.05) is 17.7 Å². The number of carbonyl (C=O) groups is 2. The number of rotatable bonds is 13. The second-order valence-electron chi connectivity index (χ2n) is 12.5. The number of benzene rings is 5. The third-order valence-electron chi connectivity index (χ3n) is 8.31. The van der Waals surface area contributed by atoms with Crippen LogP contribution in [0, 0.1) is 5.82 Å². The monoisotopic (exact) mass is 852 g/mol. The Morgan fingerprint density at radius 3 is 1.92 bits per heavy atom. The van der Waals surface area contributed by atoms with E-state index in [1.807, 2.05) is 6.07 Å². The summed E-state index contributed by atoms with van der Waals surface area (Å²) in [6.07, 6.45) is 1.52. The van der Waals surface area contributed by atoms with Crippen molar-refractivity contribution in [2.45, 2.75) is 23.5 Å². The third kappa shape index (κ3) is 13.2. The molecule has 0 spiro atoms. The van der Waals surface area contributed by atoms with E-state index in [4.69, 9.17) is 14.2 Å². The van der Waals surface area contributed by atoms with Crippen LogP contribution in [0.2, 0.25) is 0 Å². The van der Waals surface area contributed by atoms with E-state index in [0.717, 1.165) is 23.8 Å². The maximum atomic E-state index is 13.9. The number of aromatic hydroxyl groups is 1. The van der Waals surface area contributed by atoms with E-state index in [2.05, 4.69) is 91.7 Å². The highest BCUT2D eigenvalue weighted by atomic mass is 32.2. The Morgan fingerprint density at radius 2 is 1.30 bits per heavy atom. The standard InChI is InChI=1S/C51H33FN2O8S/c1-4-6-7-8-9-10-11-12-13-14-15-16-17-19-37-20-18-21-43(34-37)61-41-30-32-44(33-31-41)63(58,59)49(5-2)51(57)54-46-35-47(55)45(53-50(56)38-22-24-39(52)25-23-38)36-48(46)62-42-28-26-40(60-3)27-29-42/h18-36,49,55H,1,5H2,2-3H3,(H,53,56)(H,54,57). The molecule has 0 aliphatic carbocycles. The number of hydrogen-bond donors (Lipinski definition) is 3. The van der Waals surface area contributed by atoms with E-state index in [1.54, 1.807) is 55.5 Å². The molecule has 0 aliphatic heterocycles. The molecular weight excluding hydrogens is 820 g/mol. The molecule has 10 nitrogen and oxygen atoms in total. The number of methoxy groups -OCH3 is 1. The zero-order chi connectivity index (χ0) is 45.0. The van der Waals surface area contributed by atoms with Crippen molar-refractivity contribution in [2.24, 2.45) is 0 Å². The average molecular weight is 853 g/mol. The van der Waals surface area contributed by atoms with Crippen molar-refractivity contribution in [3.05, 3.63) is 207 Å². The first-order valence-corrected chi connectivity index (χ1v) is 20.1. The largest absolute Gasteiger partial charge is 0.506 e. The van der Waals surface area contributed by atoms with Crippen LogP contribution in [0.15, 0.2) is 195 Å². The van der Waals surface area contributed by atoms with Gasteiger partial charge in [-0.1, -0.05) is 30.5 Å². The number of anilines is 2. The fourth-order valence-electron chi connectivity index (χ4n) is 5.32. The minimum atomic E-state index is -4.27. The first-order valence-electron chi connectivity index (χ1n) is 18.5. The Morgan fingerprint density at radius 1 is 0.714 bits per heavy atom. The van der Waals surface area contributed by atoms with Crippen LogP contribution < -0.4 is 24.8 Å². The van der Waals surface area contributed by atoms with Gasteiger partial charge in [-0.05, 0) is 173 Å². The van der Waals surface area contributed by atoms with E-state index >= 15 is 0 Å². The van der Waals surface area contributed by atoms with E-state index in [9.17, 15) is 27.5 Å². The van der Waals surface area contributed by atoms with Crippen LogP contribution in [-0.4, -0.2) is 37.7 Å². The lowest BCUT2D eigenvalue weighted by Crippen LogP contribution is -2.34. The fourth-order valence-corrected chi connectivity index (χ4v) is 6.95. The average Bonchev–Trinajstić information content (AvgIpc) is 3.27. The van der Waals surface area contributed by atoms with Gasteiger partial charge in [0.1, 0.15) is 39.8 Å². The SMILES string of the molecule is C=C=C=C=C=C=C=C=C=C=C=C=C=C=Cc1cccc(Oc2ccc(S(=O)(=O)C(CC)C(=O)Nc3cc(O)c(NC(=O)c4ccc(F)cc4)cc3Oc3ccc(OC)cc3)cc2)c1. The summed E-state index contributed by atoms with van der Waals surface area (Å²) in [6.45, 7) is 4.88. The van der Waals surface area contributed by atoms with E-state index in [-0.39, 0.29) is 39.8 Å². The maximum absolute atomic E-state index is 13.9. The van der Waals surface area contributed by atoms with E-state index < -0.39 is 38.5 Å². The summed E-state index contributed by atoms with van der Waals surface area (Å²) >= 11 is 0. The molecule has 1 atom stereocenters. The molecule has 0 saturated carbocycles. The Bertz CT molecular complexity index is 3190. The van der Waals surface area contributed by atoms with Gasteiger partial charge in [0.05, 0.1) is 23.4 Å². The maximum Gasteiger partial charge on any atom is 0.255 e. The van der Waals surface area contributed by atoms with Crippen molar-refractivity contribution in [1.82, 2.24) is 0 Å². The lowest BCUT2D eigenvalue weighted by molar-refractivity contribution is -0.115. The normalized spacial score (nSPS) is 10.0. The van der Waals surface area contributed by atoms with Gasteiger partial charge in [0.25, 0.3) is 5.91 Å². The molecule has 0 bridgehead atoms. The molecule has 3 N–H and O–H groups in total. The van der Waals surface area contributed by atoms with Crippen LogP contribution in [-0.2, 0) is 14.6 Å². The van der Waals surface area contributed by atoms with Gasteiger partial charge in [0, 0.05) is 17.7 Å². The summed E-state index contributed by atoms with van der Waals surface area (Å²) in [5.74, 6) is -1.00. The van der Waals surface area contributed by atoms with Crippen LogP contribution in [0.4, 0.5) is 15.8 Å². The number of phenolic OH excluding ortho intramolecular Hbond substituents is 1. The van der Waals surface area contributed by atoms with Crippen molar-refractivity contribution in [3.8, 4) is 34.5 Å². The molecule has 0 aliphatic rings. The first kappa shape index (κ1) is 45.1. The third-order valence-corrected chi connectivity index (χ3v) is 10.5. The number of hydrogen-bond acceptors (Lipinski definition) is 8. The van der Waals surface area contributed by atoms with E-state index in [1.165, 1.54) is 49.6 Å². The predicted octanol–water partition coefficient (Wildman–Crippen LogP) is 10.2. The number of nitrogens with one attached hydrogen (secondary N) is 2. The number of amides is 2. The molecular formula is C51H33FN2O8S. The van der Waals surface area contributed by atoms with Gasteiger partial charge in [-0.15, -0.1) is 0 Å². The number of carbonyl (C=O) groups excluding carboxylic acids is 2. The van der Waals surface area contributed by atoms with Crippen LogP contribution in [0.1, 0.15) is 29.3 Å². The number of sulfone groups is 1. The van der Waals surface area contributed by atoms with Crippen LogP contribution in [0.5, 0.6) is 34.5 Å². The Balaban J connectivity index is 1.33. The van der Waals surface area contributed by atoms with Crippen LogP contribution in [0.3, 0.4) is 0 Å². The van der Waals surface area contributed by atoms with Gasteiger partial charge in [-0.3, -0.25) is 9.59 Å². The lowest BCUT2D eigenvalue weighted by Gasteiger charge is -2.19. The summed E-state index contributed by atoms with van der Waals surface area (Å²) in [5.41, 5.74) is 33.7. The van der Waals surface area contributed by atoms with E-state index in [0.29, 0.717) is 17.2 Å². The molecule has 308 valence electrons. The minimum Gasteiger partial charge on any atom is -0.506 e. The predicted molar refractivity (Wildman–Crippen MR) is 234 cm³/mol. The van der Waals surface area contributed by atoms with Gasteiger partial charge in [0.15, 0.2) is 15.6 Å². The Labute approximate surface area is 362 Å². The minimum absolute atomic E-state index is 0.0440. The molecule has 5 aromatic rings. The Kier molecular flexibility index (Phi) is 16.0. The zero-order valence-corrected chi connectivity index (χ0v) is 34.4. The summed E-state index contributed by atoms with van der Waals surface area (Å²) in [5, 5.41) is 14.5. The Hall–Kier alpha value is -9.00. The van der Waals surface area contributed by atoms with Gasteiger partial charge in [-0.2, -0.15) is 0 Å². The van der Waals surface area contributed by atoms with Crippen molar-refractivity contribution >= 4 is 39.1 Å².